The van der Waals surface area contributed by atoms with E-state index in [-0.39, 0.29) is 10.8 Å². The van der Waals surface area contributed by atoms with Crippen molar-refractivity contribution >= 4 is 17.2 Å². The predicted octanol–water partition coefficient (Wildman–Crippen LogP) is 4.90. The van der Waals surface area contributed by atoms with Gasteiger partial charge in [0.2, 0.25) is 5.91 Å². The Morgan fingerprint density at radius 2 is 1.80 bits per heavy atom. The fourth-order valence-corrected chi connectivity index (χ4v) is 7.07. The van der Waals surface area contributed by atoms with Gasteiger partial charge in [0.15, 0.2) is 0 Å². The number of rotatable bonds is 4. The van der Waals surface area contributed by atoms with Crippen molar-refractivity contribution in [2.24, 2.45) is 17.3 Å². The van der Waals surface area contributed by atoms with Gasteiger partial charge in [0, 0.05) is 4.88 Å². The Hall–Kier alpha value is -1.61. The maximum absolute atomic E-state index is 13.3. The molecule has 0 saturated heterocycles. The minimum atomic E-state index is -0.128. The highest BCUT2D eigenvalue weighted by Gasteiger charge is 2.60. The molecule has 4 bridgehead atoms. The Morgan fingerprint density at radius 3 is 2.48 bits per heavy atom. The number of hydrogen-bond acceptors (Lipinski definition) is 2. The first-order valence-corrected chi connectivity index (χ1v) is 10.4. The minimum absolute atomic E-state index is 0.128. The van der Waals surface area contributed by atoms with Crippen molar-refractivity contribution in [2.45, 2.75) is 50.5 Å². The van der Waals surface area contributed by atoms with Gasteiger partial charge in [-0.25, -0.2) is 0 Å². The summed E-state index contributed by atoms with van der Waals surface area (Å²) >= 11 is 1.72. The number of carbonyl (C=O) groups excluding carboxylic acids is 1. The highest BCUT2D eigenvalue weighted by atomic mass is 32.1. The lowest BCUT2D eigenvalue weighted by molar-refractivity contribution is -0.149. The molecule has 1 aromatic heterocycles. The van der Waals surface area contributed by atoms with Crippen LogP contribution in [0.2, 0.25) is 0 Å². The predicted molar refractivity (Wildman–Crippen MR) is 101 cm³/mol. The summed E-state index contributed by atoms with van der Waals surface area (Å²) in [5, 5.41) is 5.36. The number of nitrogens with one attached hydrogen (secondary N) is 1. The molecule has 4 aliphatic carbocycles. The standard InChI is InChI=1S/C22H25NOS/c24-20(23-14-19-7-4-8-25-19)22-12-16-9-17(13-22)11-21(10-16,15-22)18-5-2-1-3-6-18/h1-8,16-17H,9-15H2,(H,23,24). The molecule has 0 radical (unpaired) electrons. The Bertz CT molecular complexity index is 753. The third-order valence-electron chi connectivity index (χ3n) is 6.93. The van der Waals surface area contributed by atoms with Crippen LogP contribution in [0.15, 0.2) is 47.8 Å². The SMILES string of the molecule is O=C(NCc1cccs1)C12CC3CC(C1)CC(c1ccccc1)(C3)C2. The van der Waals surface area contributed by atoms with Gasteiger partial charge < -0.3 is 5.32 Å². The van der Waals surface area contributed by atoms with Crippen LogP contribution in [0.4, 0.5) is 0 Å². The van der Waals surface area contributed by atoms with Gasteiger partial charge in [-0.15, -0.1) is 11.3 Å². The molecule has 1 N–H and O–H groups in total. The van der Waals surface area contributed by atoms with Crippen LogP contribution in [0.3, 0.4) is 0 Å². The molecule has 3 heteroatoms. The number of carbonyl (C=O) groups is 1. The smallest absolute Gasteiger partial charge is 0.226 e. The lowest BCUT2D eigenvalue weighted by Crippen LogP contribution is -2.58. The number of thiophene rings is 1. The molecule has 25 heavy (non-hydrogen) atoms. The lowest BCUT2D eigenvalue weighted by Gasteiger charge is -2.61. The van der Waals surface area contributed by atoms with E-state index in [4.69, 9.17) is 0 Å². The molecule has 2 unspecified atom stereocenters. The maximum atomic E-state index is 13.3. The first-order valence-electron chi connectivity index (χ1n) is 9.54. The van der Waals surface area contributed by atoms with E-state index in [0.717, 1.165) is 31.1 Å². The molecule has 2 nitrogen and oxygen atoms in total. The summed E-state index contributed by atoms with van der Waals surface area (Å²) in [6.45, 7) is 0.686. The van der Waals surface area contributed by atoms with Crippen molar-refractivity contribution in [3.63, 3.8) is 0 Å². The molecular weight excluding hydrogens is 326 g/mol. The Morgan fingerprint density at radius 1 is 1.04 bits per heavy atom. The normalized spacial score (nSPS) is 35.7. The van der Waals surface area contributed by atoms with Gasteiger partial charge in [-0.1, -0.05) is 36.4 Å². The Kier molecular flexibility index (Phi) is 3.56. The van der Waals surface area contributed by atoms with Crippen molar-refractivity contribution in [3.05, 3.63) is 58.3 Å². The Labute approximate surface area is 153 Å². The van der Waals surface area contributed by atoms with Crippen molar-refractivity contribution in [1.82, 2.24) is 5.32 Å². The molecule has 4 saturated carbocycles. The molecule has 0 aliphatic heterocycles. The van der Waals surface area contributed by atoms with Gasteiger partial charge in [-0.2, -0.15) is 0 Å². The molecule has 130 valence electrons. The van der Waals surface area contributed by atoms with Gasteiger partial charge in [-0.3, -0.25) is 4.79 Å². The van der Waals surface area contributed by atoms with Crippen LogP contribution in [0.5, 0.6) is 0 Å². The van der Waals surface area contributed by atoms with Crippen molar-refractivity contribution in [1.29, 1.82) is 0 Å². The molecule has 4 aliphatic rings. The molecule has 1 amide bonds. The summed E-state index contributed by atoms with van der Waals surface area (Å²) in [6, 6.07) is 15.2. The van der Waals surface area contributed by atoms with Crippen LogP contribution in [-0.4, -0.2) is 5.91 Å². The highest BCUT2D eigenvalue weighted by molar-refractivity contribution is 7.09. The third-order valence-corrected chi connectivity index (χ3v) is 7.81. The number of hydrogen-bond donors (Lipinski definition) is 1. The van der Waals surface area contributed by atoms with Gasteiger partial charge in [0.1, 0.15) is 0 Å². The van der Waals surface area contributed by atoms with Crippen molar-refractivity contribution in [2.75, 3.05) is 0 Å². The first-order chi connectivity index (χ1) is 12.2. The van der Waals surface area contributed by atoms with E-state index in [1.165, 1.54) is 29.7 Å². The highest BCUT2D eigenvalue weighted by Crippen LogP contribution is 2.65. The van der Waals surface area contributed by atoms with E-state index in [2.05, 4.69) is 53.2 Å². The van der Waals surface area contributed by atoms with E-state index in [0.29, 0.717) is 12.5 Å². The van der Waals surface area contributed by atoms with E-state index in [9.17, 15) is 4.79 Å². The topological polar surface area (TPSA) is 29.1 Å². The molecule has 1 aromatic carbocycles. The fraction of sp³-hybridized carbons (Fsp3) is 0.500. The molecule has 2 aromatic rings. The Balaban J connectivity index is 1.43. The molecule has 4 fully saturated rings. The number of benzene rings is 1. The summed E-state index contributed by atoms with van der Waals surface area (Å²) < 4.78 is 0. The molecule has 6 rings (SSSR count). The second kappa shape index (κ2) is 5.70. The summed E-state index contributed by atoms with van der Waals surface area (Å²) in [5.74, 6) is 1.78. The van der Waals surface area contributed by atoms with E-state index < -0.39 is 0 Å². The summed E-state index contributed by atoms with van der Waals surface area (Å²) in [6.07, 6.45) is 7.17. The van der Waals surface area contributed by atoms with Crippen molar-refractivity contribution < 1.29 is 4.79 Å². The van der Waals surface area contributed by atoms with E-state index in [1.807, 2.05) is 0 Å². The first kappa shape index (κ1) is 15.6. The fourth-order valence-electron chi connectivity index (χ4n) is 6.43. The minimum Gasteiger partial charge on any atom is -0.351 e. The monoisotopic (exact) mass is 351 g/mol. The van der Waals surface area contributed by atoms with Gasteiger partial charge in [0.25, 0.3) is 0 Å². The molecule has 1 heterocycles. The van der Waals surface area contributed by atoms with Crippen molar-refractivity contribution in [3.8, 4) is 0 Å². The van der Waals surface area contributed by atoms with Crippen LogP contribution in [-0.2, 0) is 16.8 Å². The van der Waals surface area contributed by atoms with Crippen LogP contribution in [0, 0.1) is 17.3 Å². The second-order valence-corrected chi connectivity index (χ2v) is 9.68. The summed E-state index contributed by atoms with van der Waals surface area (Å²) in [4.78, 5) is 14.5. The average molecular weight is 352 g/mol. The molecular formula is C22H25NOS. The lowest BCUT2D eigenvalue weighted by atomic mass is 9.42. The van der Waals surface area contributed by atoms with E-state index >= 15 is 0 Å². The summed E-state index contributed by atoms with van der Waals surface area (Å²) in [7, 11) is 0. The molecule has 2 atom stereocenters. The average Bonchev–Trinajstić information content (AvgIpc) is 3.13. The third kappa shape index (κ3) is 2.55. The quantitative estimate of drug-likeness (QED) is 0.834. The maximum Gasteiger partial charge on any atom is 0.226 e. The van der Waals surface area contributed by atoms with Crippen LogP contribution >= 0.6 is 11.3 Å². The largest absolute Gasteiger partial charge is 0.351 e. The second-order valence-electron chi connectivity index (χ2n) is 8.65. The van der Waals surface area contributed by atoms with E-state index in [1.54, 1.807) is 11.3 Å². The molecule has 0 spiro atoms. The van der Waals surface area contributed by atoms with Crippen LogP contribution in [0.25, 0.3) is 0 Å². The number of amides is 1. The van der Waals surface area contributed by atoms with Gasteiger partial charge in [0.05, 0.1) is 12.0 Å². The zero-order valence-electron chi connectivity index (χ0n) is 14.5. The summed E-state index contributed by atoms with van der Waals surface area (Å²) in [5.41, 5.74) is 1.59. The van der Waals surface area contributed by atoms with Crippen LogP contribution in [0.1, 0.15) is 49.0 Å². The van der Waals surface area contributed by atoms with Gasteiger partial charge >= 0.3 is 0 Å². The van der Waals surface area contributed by atoms with Gasteiger partial charge in [-0.05, 0) is 72.8 Å². The zero-order chi connectivity index (χ0) is 16.9. The zero-order valence-corrected chi connectivity index (χ0v) is 15.4. The van der Waals surface area contributed by atoms with Crippen LogP contribution < -0.4 is 5.32 Å².